The van der Waals surface area contributed by atoms with Crippen LogP contribution in [0.3, 0.4) is 0 Å². The third kappa shape index (κ3) is 3.38. The van der Waals surface area contributed by atoms with Crippen molar-refractivity contribution in [3.8, 4) is 0 Å². The number of rotatable bonds is 4. The first-order valence-electron chi connectivity index (χ1n) is 4.33. The van der Waals surface area contributed by atoms with Gasteiger partial charge in [-0.25, -0.2) is 9.78 Å². The summed E-state index contributed by atoms with van der Waals surface area (Å²) in [7, 11) is 0. The Labute approximate surface area is 77.2 Å². The summed E-state index contributed by atoms with van der Waals surface area (Å²) in [5.41, 5.74) is -0.227. The Morgan fingerprint density at radius 2 is 2.38 bits per heavy atom. The lowest BCUT2D eigenvalue weighted by molar-refractivity contribution is 0.0720. The highest BCUT2D eigenvalue weighted by molar-refractivity contribution is 4.80. The molecule has 4 nitrogen and oxygen atoms in total. The molecule has 0 aliphatic heterocycles. The second kappa shape index (κ2) is 4.77. The predicted octanol–water partition coefficient (Wildman–Crippen LogP) is 0.668. The monoisotopic (exact) mass is 182 g/mol. The summed E-state index contributed by atoms with van der Waals surface area (Å²) in [6.07, 6.45) is 3.40. The molecule has 0 amide bonds. The molecule has 0 saturated heterocycles. The highest BCUT2D eigenvalue weighted by Gasteiger charge is 1.96. The smallest absolute Gasteiger partial charge is 0.347 e. The molecule has 0 aliphatic rings. The maximum atomic E-state index is 11.1. The average Bonchev–Trinajstić information content (AvgIpc) is 2.08. The van der Waals surface area contributed by atoms with Crippen molar-refractivity contribution in [2.45, 2.75) is 26.5 Å². The van der Waals surface area contributed by atoms with Crippen molar-refractivity contribution in [2.75, 3.05) is 6.61 Å². The van der Waals surface area contributed by atoms with Crippen LogP contribution in [0.5, 0.6) is 0 Å². The van der Waals surface area contributed by atoms with Crippen LogP contribution in [0.25, 0.3) is 0 Å². The standard InChI is InChI=1S/C9H14N2O2/c1-8(2)13-7-6-11-5-3-4-10-9(11)12/h3-5,8H,6-7H2,1-2H3. The fourth-order valence-electron chi connectivity index (χ4n) is 0.944. The predicted molar refractivity (Wildman–Crippen MR) is 49.6 cm³/mol. The number of hydrogen-bond donors (Lipinski definition) is 0. The Balaban J connectivity index is 2.46. The van der Waals surface area contributed by atoms with Crippen molar-refractivity contribution in [1.82, 2.24) is 9.55 Å². The van der Waals surface area contributed by atoms with Gasteiger partial charge < -0.3 is 4.74 Å². The van der Waals surface area contributed by atoms with Crippen LogP contribution in [0.15, 0.2) is 23.3 Å². The second-order valence-corrected chi connectivity index (χ2v) is 3.02. The molecular weight excluding hydrogens is 168 g/mol. The van der Waals surface area contributed by atoms with Crippen LogP contribution in [0, 0.1) is 0 Å². The van der Waals surface area contributed by atoms with Crippen molar-refractivity contribution in [1.29, 1.82) is 0 Å². The van der Waals surface area contributed by atoms with E-state index in [1.54, 1.807) is 12.3 Å². The van der Waals surface area contributed by atoms with Gasteiger partial charge in [-0.2, -0.15) is 0 Å². The molecule has 4 heteroatoms. The Morgan fingerprint density at radius 1 is 1.62 bits per heavy atom. The summed E-state index contributed by atoms with van der Waals surface area (Å²) in [6.45, 7) is 5.03. The third-order valence-corrected chi connectivity index (χ3v) is 1.57. The topological polar surface area (TPSA) is 44.1 Å². The van der Waals surface area contributed by atoms with Gasteiger partial charge in [0.25, 0.3) is 0 Å². The van der Waals surface area contributed by atoms with Crippen LogP contribution in [-0.4, -0.2) is 22.3 Å². The molecule has 1 heterocycles. The molecule has 0 N–H and O–H groups in total. The largest absolute Gasteiger partial charge is 0.377 e. The summed E-state index contributed by atoms with van der Waals surface area (Å²) in [5.74, 6) is 0. The molecule has 0 saturated carbocycles. The quantitative estimate of drug-likeness (QED) is 0.687. The Kier molecular flexibility index (Phi) is 3.64. The molecule has 1 aromatic heterocycles. The van der Waals surface area contributed by atoms with Crippen molar-refractivity contribution < 1.29 is 4.74 Å². The van der Waals surface area contributed by atoms with E-state index in [0.717, 1.165) is 0 Å². The van der Waals surface area contributed by atoms with Gasteiger partial charge in [0.1, 0.15) is 0 Å². The molecule has 0 spiro atoms. The first-order chi connectivity index (χ1) is 6.20. The van der Waals surface area contributed by atoms with E-state index in [4.69, 9.17) is 4.74 Å². The molecule has 0 unspecified atom stereocenters. The molecular formula is C9H14N2O2. The van der Waals surface area contributed by atoms with E-state index in [2.05, 4.69) is 4.98 Å². The second-order valence-electron chi connectivity index (χ2n) is 3.02. The van der Waals surface area contributed by atoms with E-state index >= 15 is 0 Å². The summed E-state index contributed by atoms with van der Waals surface area (Å²) in [6, 6.07) is 1.73. The molecule has 72 valence electrons. The van der Waals surface area contributed by atoms with Gasteiger partial charge in [-0.15, -0.1) is 0 Å². The number of hydrogen-bond acceptors (Lipinski definition) is 3. The molecule has 0 bridgehead atoms. The van der Waals surface area contributed by atoms with Crippen LogP contribution < -0.4 is 5.69 Å². The van der Waals surface area contributed by atoms with Crippen LogP contribution in [0.2, 0.25) is 0 Å². The van der Waals surface area contributed by atoms with E-state index < -0.39 is 0 Å². The third-order valence-electron chi connectivity index (χ3n) is 1.57. The fourth-order valence-corrected chi connectivity index (χ4v) is 0.944. The van der Waals surface area contributed by atoms with Gasteiger partial charge in [-0.1, -0.05) is 0 Å². The van der Waals surface area contributed by atoms with Crippen LogP contribution in [-0.2, 0) is 11.3 Å². The highest BCUT2D eigenvalue weighted by atomic mass is 16.5. The van der Waals surface area contributed by atoms with E-state index in [0.29, 0.717) is 13.2 Å². The zero-order valence-corrected chi connectivity index (χ0v) is 7.93. The molecule has 0 aromatic carbocycles. The van der Waals surface area contributed by atoms with E-state index in [-0.39, 0.29) is 11.8 Å². The van der Waals surface area contributed by atoms with E-state index in [1.807, 2.05) is 13.8 Å². The average molecular weight is 182 g/mol. The zero-order chi connectivity index (χ0) is 9.68. The van der Waals surface area contributed by atoms with Crippen molar-refractivity contribution in [3.05, 3.63) is 28.9 Å². The minimum Gasteiger partial charge on any atom is -0.377 e. The molecule has 0 fully saturated rings. The van der Waals surface area contributed by atoms with Gasteiger partial charge >= 0.3 is 5.69 Å². The summed E-state index contributed by atoms with van der Waals surface area (Å²) in [4.78, 5) is 14.7. The Morgan fingerprint density at radius 3 is 3.00 bits per heavy atom. The maximum Gasteiger partial charge on any atom is 0.347 e. The maximum absolute atomic E-state index is 11.1. The van der Waals surface area contributed by atoms with Gasteiger partial charge in [0.2, 0.25) is 0 Å². The van der Waals surface area contributed by atoms with Gasteiger partial charge in [0.15, 0.2) is 0 Å². The SMILES string of the molecule is CC(C)OCCn1cccnc1=O. The normalized spacial score (nSPS) is 10.7. The lowest BCUT2D eigenvalue weighted by atomic mass is 10.5. The molecule has 1 rings (SSSR count). The molecule has 13 heavy (non-hydrogen) atoms. The van der Waals surface area contributed by atoms with Crippen molar-refractivity contribution in [2.24, 2.45) is 0 Å². The van der Waals surface area contributed by atoms with Gasteiger partial charge in [-0.05, 0) is 19.9 Å². The lowest BCUT2D eigenvalue weighted by Crippen LogP contribution is -2.24. The first-order valence-corrected chi connectivity index (χ1v) is 4.33. The van der Waals surface area contributed by atoms with E-state index in [1.165, 1.54) is 10.8 Å². The fraction of sp³-hybridized carbons (Fsp3) is 0.556. The molecule has 0 aliphatic carbocycles. The number of ether oxygens (including phenoxy) is 1. The summed E-state index contributed by atoms with van der Waals surface area (Å²) >= 11 is 0. The summed E-state index contributed by atoms with van der Waals surface area (Å²) in [5, 5.41) is 0. The van der Waals surface area contributed by atoms with Crippen molar-refractivity contribution >= 4 is 0 Å². The summed E-state index contributed by atoms with van der Waals surface area (Å²) < 4.78 is 6.84. The Bertz CT molecular complexity index is 306. The van der Waals surface area contributed by atoms with Crippen LogP contribution in [0.1, 0.15) is 13.8 Å². The highest BCUT2D eigenvalue weighted by Crippen LogP contribution is 1.88. The van der Waals surface area contributed by atoms with Gasteiger partial charge in [0, 0.05) is 12.4 Å². The lowest BCUT2D eigenvalue weighted by Gasteiger charge is -2.07. The van der Waals surface area contributed by atoms with Crippen molar-refractivity contribution in [3.63, 3.8) is 0 Å². The molecule has 0 atom stereocenters. The van der Waals surface area contributed by atoms with Gasteiger partial charge in [0.05, 0.1) is 19.3 Å². The van der Waals surface area contributed by atoms with Crippen LogP contribution >= 0.6 is 0 Å². The van der Waals surface area contributed by atoms with Gasteiger partial charge in [-0.3, -0.25) is 4.57 Å². The van der Waals surface area contributed by atoms with Crippen LogP contribution in [0.4, 0.5) is 0 Å². The first kappa shape index (κ1) is 9.92. The molecule has 0 radical (unpaired) electrons. The minimum atomic E-state index is -0.227. The molecule has 1 aromatic rings. The Hall–Kier alpha value is -1.16. The zero-order valence-electron chi connectivity index (χ0n) is 7.93. The minimum absolute atomic E-state index is 0.201. The number of nitrogens with zero attached hydrogens (tertiary/aromatic N) is 2. The number of aromatic nitrogens is 2. The van der Waals surface area contributed by atoms with E-state index in [9.17, 15) is 4.79 Å².